The molecule has 2 amide bonds. The molecule has 0 atom stereocenters. The molecule has 0 aliphatic carbocycles. The molecule has 0 fully saturated rings. The highest BCUT2D eigenvalue weighted by Crippen LogP contribution is 2.19. The van der Waals surface area contributed by atoms with Gasteiger partial charge < -0.3 is 4.74 Å². The van der Waals surface area contributed by atoms with Gasteiger partial charge in [0.05, 0.1) is 17.1 Å². The number of hydrogen-bond donors (Lipinski definition) is 2. The average molecular weight is 357 g/mol. The van der Waals surface area contributed by atoms with E-state index in [0.717, 1.165) is 12.8 Å². The summed E-state index contributed by atoms with van der Waals surface area (Å²) in [6.07, 6.45) is 1.81. The van der Waals surface area contributed by atoms with Crippen LogP contribution in [0.25, 0.3) is 0 Å². The van der Waals surface area contributed by atoms with Crippen molar-refractivity contribution in [1.29, 1.82) is 0 Å². The lowest BCUT2D eigenvalue weighted by atomic mass is 10.1. The summed E-state index contributed by atoms with van der Waals surface area (Å²) in [5.41, 5.74) is 4.20. The molecule has 2 N–H and O–H groups in total. The number of carbonyl (C=O) groups excluding carboxylic acids is 2. The third kappa shape index (κ3) is 4.79. The van der Waals surface area contributed by atoms with Gasteiger partial charge in [0.25, 0.3) is 17.5 Å². The van der Waals surface area contributed by atoms with E-state index in [0.29, 0.717) is 12.4 Å². The second-order valence-electron chi connectivity index (χ2n) is 5.38. The molecule has 8 nitrogen and oxygen atoms in total. The molecule has 0 aliphatic heterocycles. The summed E-state index contributed by atoms with van der Waals surface area (Å²) in [4.78, 5) is 34.8. The summed E-state index contributed by atoms with van der Waals surface area (Å²) >= 11 is 0. The van der Waals surface area contributed by atoms with Crippen molar-refractivity contribution < 1.29 is 19.2 Å². The lowest BCUT2D eigenvalue weighted by Gasteiger charge is -2.12. The van der Waals surface area contributed by atoms with Gasteiger partial charge in [-0.3, -0.25) is 30.6 Å². The van der Waals surface area contributed by atoms with Crippen molar-refractivity contribution in [1.82, 2.24) is 10.9 Å². The molecule has 2 rings (SSSR count). The van der Waals surface area contributed by atoms with Crippen LogP contribution in [-0.2, 0) is 0 Å². The number of benzene rings is 2. The Bertz CT molecular complexity index is 807. The molecule has 0 radical (unpaired) electrons. The number of ether oxygens (including phenoxy) is 1. The fraction of sp³-hybridized carbons (Fsp3) is 0.222. The lowest BCUT2D eigenvalue weighted by Crippen LogP contribution is -2.42. The number of nitro benzene ring substituents is 1. The summed E-state index contributed by atoms with van der Waals surface area (Å²) < 4.78 is 5.58. The van der Waals surface area contributed by atoms with Crippen LogP contribution >= 0.6 is 0 Å². The molecule has 0 aliphatic rings. The SMILES string of the molecule is CCCCOc1ccccc1C(=O)NNC(=O)c1ccccc1[N+](=O)[O-]. The van der Waals surface area contributed by atoms with Gasteiger partial charge in [-0.1, -0.05) is 37.6 Å². The lowest BCUT2D eigenvalue weighted by molar-refractivity contribution is -0.385. The van der Waals surface area contributed by atoms with Gasteiger partial charge in [-0.05, 0) is 24.6 Å². The Morgan fingerprint density at radius 2 is 1.58 bits per heavy atom. The third-order valence-corrected chi connectivity index (χ3v) is 3.52. The predicted molar refractivity (Wildman–Crippen MR) is 94.9 cm³/mol. The van der Waals surface area contributed by atoms with E-state index >= 15 is 0 Å². The molecule has 26 heavy (non-hydrogen) atoms. The van der Waals surface area contributed by atoms with Gasteiger partial charge in [-0.2, -0.15) is 0 Å². The highest BCUT2D eigenvalue weighted by molar-refractivity contribution is 6.02. The van der Waals surface area contributed by atoms with Crippen molar-refractivity contribution in [3.63, 3.8) is 0 Å². The van der Waals surface area contributed by atoms with Crippen molar-refractivity contribution >= 4 is 17.5 Å². The molecule has 0 saturated carbocycles. The Morgan fingerprint density at radius 3 is 2.23 bits per heavy atom. The van der Waals surface area contributed by atoms with E-state index in [1.807, 2.05) is 6.92 Å². The first kappa shape index (κ1) is 18.9. The van der Waals surface area contributed by atoms with Crippen LogP contribution in [0, 0.1) is 10.1 Å². The standard InChI is InChI=1S/C18H19N3O5/c1-2-3-12-26-16-11-7-5-9-14(16)18(23)20-19-17(22)13-8-4-6-10-15(13)21(24)25/h4-11H,2-3,12H2,1H3,(H,19,22)(H,20,23). The number of nitrogens with zero attached hydrogens (tertiary/aromatic N) is 1. The Morgan fingerprint density at radius 1 is 1.00 bits per heavy atom. The first-order valence-electron chi connectivity index (χ1n) is 8.10. The topological polar surface area (TPSA) is 111 Å². The van der Waals surface area contributed by atoms with Crippen molar-refractivity contribution in [3.8, 4) is 5.75 Å². The van der Waals surface area contributed by atoms with Crippen LogP contribution < -0.4 is 15.6 Å². The average Bonchev–Trinajstić information content (AvgIpc) is 2.66. The Balaban J connectivity index is 2.05. The fourth-order valence-corrected chi connectivity index (χ4v) is 2.18. The van der Waals surface area contributed by atoms with Gasteiger partial charge in [0.2, 0.25) is 0 Å². The van der Waals surface area contributed by atoms with Gasteiger partial charge in [-0.25, -0.2) is 0 Å². The van der Waals surface area contributed by atoms with Crippen molar-refractivity contribution in [3.05, 3.63) is 69.8 Å². The second-order valence-corrected chi connectivity index (χ2v) is 5.38. The highest BCUT2D eigenvalue weighted by atomic mass is 16.6. The largest absolute Gasteiger partial charge is 0.493 e. The summed E-state index contributed by atoms with van der Waals surface area (Å²) in [6, 6.07) is 12.1. The first-order chi connectivity index (χ1) is 12.5. The Kier molecular flexibility index (Phi) is 6.67. The van der Waals surface area contributed by atoms with E-state index in [1.54, 1.807) is 24.3 Å². The van der Waals surface area contributed by atoms with E-state index < -0.39 is 16.7 Å². The minimum absolute atomic E-state index is 0.148. The minimum Gasteiger partial charge on any atom is -0.493 e. The summed E-state index contributed by atoms with van der Waals surface area (Å²) in [5.74, 6) is -0.961. The maximum Gasteiger partial charge on any atom is 0.282 e. The first-order valence-corrected chi connectivity index (χ1v) is 8.10. The molecule has 0 bridgehead atoms. The van der Waals surface area contributed by atoms with Crippen LogP contribution in [0.5, 0.6) is 5.75 Å². The van der Waals surface area contributed by atoms with Crippen molar-refractivity contribution in [2.75, 3.05) is 6.61 Å². The molecule has 0 heterocycles. The van der Waals surface area contributed by atoms with Crippen LogP contribution in [-0.4, -0.2) is 23.3 Å². The number of para-hydroxylation sites is 2. The van der Waals surface area contributed by atoms with Gasteiger partial charge in [0.1, 0.15) is 11.3 Å². The number of nitro groups is 1. The van der Waals surface area contributed by atoms with E-state index in [4.69, 9.17) is 4.74 Å². The minimum atomic E-state index is -0.782. The van der Waals surface area contributed by atoms with Crippen LogP contribution in [0.4, 0.5) is 5.69 Å². The smallest absolute Gasteiger partial charge is 0.282 e. The molecule has 2 aromatic rings. The molecule has 0 spiro atoms. The number of rotatable bonds is 7. The van der Waals surface area contributed by atoms with E-state index in [1.165, 1.54) is 24.3 Å². The van der Waals surface area contributed by atoms with Crippen molar-refractivity contribution in [2.45, 2.75) is 19.8 Å². The summed E-state index contributed by atoms with van der Waals surface area (Å²) in [5, 5.41) is 11.0. The maximum absolute atomic E-state index is 12.3. The fourth-order valence-electron chi connectivity index (χ4n) is 2.18. The highest BCUT2D eigenvalue weighted by Gasteiger charge is 2.20. The molecule has 2 aromatic carbocycles. The maximum atomic E-state index is 12.3. The number of amides is 2. The van der Waals surface area contributed by atoms with Crippen molar-refractivity contribution in [2.24, 2.45) is 0 Å². The number of unbranched alkanes of at least 4 members (excludes halogenated alkanes) is 1. The Hall–Kier alpha value is -3.42. The third-order valence-electron chi connectivity index (χ3n) is 3.52. The zero-order chi connectivity index (χ0) is 18.9. The zero-order valence-corrected chi connectivity index (χ0v) is 14.2. The van der Waals surface area contributed by atoms with Crippen LogP contribution in [0.3, 0.4) is 0 Å². The van der Waals surface area contributed by atoms with Gasteiger partial charge in [0.15, 0.2) is 0 Å². The van der Waals surface area contributed by atoms with E-state index in [9.17, 15) is 19.7 Å². The molecule has 0 unspecified atom stereocenters. The zero-order valence-electron chi connectivity index (χ0n) is 14.2. The number of carbonyl (C=O) groups is 2. The van der Waals surface area contributed by atoms with Crippen LogP contribution in [0.2, 0.25) is 0 Å². The quantitative estimate of drug-likeness (QED) is 0.450. The van der Waals surface area contributed by atoms with Gasteiger partial charge in [-0.15, -0.1) is 0 Å². The van der Waals surface area contributed by atoms with E-state index in [-0.39, 0.29) is 16.8 Å². The molecule has 0 aromatic heterocycles. The van der Waals surface area contributed by atoms with Crippen LogP contribution in [0.1, 0.15) is 40.5 Å². The summed E-state index contributed by atoms with van der Waals surface area (Å²) in [7, 11) is 0. The Labute approximate surface area is 150 Å². The second kappa shape index (κ2) is 9.16. The molecular weight excluding hydrogens is 338 g/mol. The normalized spacial score (nSPS) is 10.0. The van der Waals surface area contributed by atoms with Gasteiger partial charge >= 0.3 is 0 Å². The molecule has 0 saturated heterocycles. The molecule has 8 heteroatoms. The number of hydrogen-bond acceptors (Lipinski definition) is 5. The number of nitrogens with one attached hydrogen (secondary N) is 2. The number of hydrazine groups is 1. The summed E-state index contributed by atoms with van der Waals surface area (Å²) in [6.45, 7) is 2.50. The van der Waals surface area contributed by atoms with Gasteiger partial charge in [0, 0.05) is 6.07 Å². The monoisotopic (exact) mass is 357 g/mol. The van der Waals surface area contributed by atoms with Crippen LogP contribution in [0.15, 0.2) is 48.5 Å². The molecular formula is C18H19N3O5. The molecule has 136 valence electrons. The predicted octanol–water partition coefficient (Wildman–Crippen LogP) is 2.85. The van der Waals surface area contributed by atoms with E-state index in [2.05, 4.69) is 10.9 Å².